The quantitative estimate of drug-likeness (QED) is 0.804. The van der Waals surface area contributed by atoms with Gasteiger partial charge in [-0.1, -0.05) is 13.8 Å². The van der Waals surface area contributed by atoms with E-state index in [1.54, 1.807) is 20.8 Å². The summed E-state index contributed by atoms with van der Waals surface area (Å²) in [5, 5.41) is 15.4. The fourth-order valence-corrected chi connectivity index (χ4v) is 3.70. The Balaban J connectivity index is 3.13. The summed E-state index contributed by atoms with van der Waals surface area (Å²) >= 11 is 0. The van der Waals surface area contributed by atoms with Gasteiger partial charge in [-0.3, -0.25) is 9.89 Å². The van der Waals surface area contributed by atoms with Crippen LogP contribution in [0.4, 0.5) is 0 Å². The molecule has 0 aromatic carbocycles. The Morgan fingerprint density at radius 2 is 2.05 bits per heavy atom. The lowest BCUT2D eigenvalue weighted by Gasteiger charge is -2.22. The van der Waals surface area contributed by atoms with E-state index in [1.165, 1.54) is 6.92 Å². The van der Waals surface area contributed by atoms with Gasteiger partial charge in [0.05, 0.1) is 17.3 Å². The average Bonchev–Trinajstić information content (AvgIpc) is 2.65. The Bertz CT molecular complexity index is 545. The van der Waals surface area contributed by atoms with E-state index in [2.05, 4.69) is 10.2 Å². The molecular weight excluding hydrogens is 270 g/mol. The normalized spacial score (nSPS) is 13.7. The molecule has 1 aromatic rings. The summed E-state index contributed by atoms with van der Waals surface area (Å²) in [4.78, 5) is 11.0. The Morgan fingerprint density at radius 1 is 1.47 bits per heavy atom. The van der Waals surface area contributed by atoms with Crippen LogP contribution in [0.25, 0.3) is 0 Å². The minimum atomic E-state index is -3.72. The maximum Gasteiger partial charge on any atom is 0.307 e. The lowest BCUT2D eigenvalue weighted by atomic mass is 10.2. The predicted octanol–water partition coefficient (Wildman–Crippen LogP) is 0.758. The van der Waals surface area contributed by atoms with E-state index in [-0.39, 0.29) is 18.0 Å². The molecule has 1 unspecified atom stereocenters. The van der Waals surface area contributed by atoms with Gasteiger partial charge in [-0.15, -0.1) is 0 Å². The average molecular weight is 289 g/mol. The van der Waals surface area contributed by atoms with Crippen molar-refractivity contribution in [3.05, 3.63) is 11.4 Å². The summed E-state index contributed by atoms with van der Waals surface area (Å²) in [5.41, 5.74) is 0.845. The summed E-state index contributed by atoms with van der Waals surface area (Å²) in [6.07, 6.45) is 0. The van der Waals surface area contributed by atoms with Crippen LogP contribution in [0, 0.1) is 19.8 Å². The zero-order valence-electron chi connectivity index (χ0n) is 11.5. The summed E-state index contributed by atoms with van der Waals surface area (Å²) < 4.78 is 26.2. The number of aromatic nitrogens is 2. The molecular formula is C11H19N3O4S. The number of carboxylic acids is 1. The van der Waals surface area contributed by atoms with Gasteiger partial charge >= 0.3 is 5.97 Å². The molecule has 0 aliphatic heterocycles. The van der Waals surface area contributed by atoms with Crippen molar-refractivity contribution in [1.29, 1.82) is 0 Å². The fourth-order valence-electron chi connectivity index (χ4n) is 1.83. The highest BCUT2D eigenvalue weighted by atomic mass is 32.2. The number of rotatable bonds is 6. The van der Waals surface area contributed by atoms with E-state index >= 15 is 0 Å². The first-order valence-electron chi connectivity index (χ1n) is 5.96. The van der Waals surface area contributed by atoms with Crippen LogP contribution in [0.3, 0.4) is 0 Å². The predicted molar refractivity (Wildman–Crippen MR) is 69.3 cm³/mol. The van der Waals surface area contributed by atoms with E-state index in [4.69, 9.17) is 5.11 Å². The summed E-state index contributed by atoms with van der Waals surface area (Å²) in [6.45, 7) is 6.54. The van der Waals surface area contributed by atoms with Crippen molar-refractivity contribution in [2.24, 2.45) is 5.92 Å². The molecule has 19 heavy (non-hydrogen) atoms. The lowest BCUT2D eigenvalue weighted by molar-refractivity contribution is -0.141. The Labute approximate surface area is 112 Å². The van der Waals surface area contributed by atoms with Crippen LogP contribution < -0.4 is 0 Å². The molecule has 1 aromatic heterocycles. The van der Waals surface area contributed by atoms with Crippen molar-refractivity contribution in [2.45, 2.75) is 32.6 Å². The maximum absolute atomic E-state index is 12.5. The van der Waals surface area contributed by atoms with E-state index < -0.39 is 21.9 Å². The first kappa shape index (κ1) is 15.6. The molecule has 7 nitrogen and oxygen atoms in total. The molecule has 1 heterocycles. The van der Waals surface area contributed by atoms with Gasteiger partial charge in [0.15, 0.2) is 0 Å². The third kappa shape index (κ3) is 3.13. The highest BCUT2D eigenvalue weighted by molar-refractivity contribution is 7.89. The second-order valence-electron chi connectivity index (χ2n) is 4.46. The van der Waals surface area contributed by atoms with Gasteiger partial charge in [0.1, 0.15) is 4.90 Å². The maximum atomic E-state index is 12.5. The molecule has 0 saturated carbocycles. The van der Waals surface area contributed by atoms with Crippen molar-refractivity contribution in [2.75, 3.05) is 13.1 Å². The largest absolute Gasteiger partial charge is 0.481 e. The summed E-state index contributed by atoms with van der Waals surface area (Å²) in [6, 6.07) is 0. The number of hydrogen-bond acceptors (Lipinski definition) is 4. The van der Waals surface area contributed by atoms with E-state index in [0.29, 0.717) is 11.4 Å². The first-order valence-corrected chi connectivity index (χ1v) is 7.40. The number of aryl methyl sites for hydroxylation is 2. The van der Waals surface area contributed by atoms with E-state index in [1.807, 2.05) is 0 Å². The Hall–Kier alpha value is -1.41. The van der Waals surface area contributed by atoms with Gasteiger partial charge in [-0.2, -0.15) is 9.40 Å². The highest BCUT2D eigenvalue weighted by Crippen LogP contribution is 2.22. The molecule has 0 radical (unpaired) electrons. The molecule has 2 N–H and O–H groups in total. The monoisotopic (exact) mass is 289 g/mol. The molecule has 0 fully saturated rings. The molecule has 0 bridgehead atoms. The lowest BCUT2D eigenvalue weighted by Crippen LogP contribution is -2.37. The Morgan fingerprint density at radius 3 is 2.42 bits per heavy atom. The molecule has 0 aliphatic rings. The third-order valence-electron chi connectivity index (χ3n) is 2.91. The van der Waals surface area contributed by atoms with Crippen molar-refractivity contribution in [3.8, 4) is 0 Å². The second-order valence-corrected chi connectivity index (χ2v) is 6.33. The molecule has 0 amide bonds. The topological polar surface area (TPSA) is 103 Å². The van der Waals surface area contributed by atoms with Crippen molar-refractivity contribution in [1.82, 2.24) is 14.5 Å². The highest BCUT2D eigenvalue weighted by Gasteiger charge is 2.30. The molecule has 0 spiro atoms. The summed E-state index contributed by atoms with van der Waals surface area (Å²) in [5.74, 6) is -1.78. The molecule has 1 rings (SSSR count). The number of aliphatic carboxylic acids is 1. The van der Waals surface area contributed by atoms with Crippen molar-refractivity contribution < 1.29 is 18.3 Å². The van der Waals surface area contributed by atoms with Crippen LogP contribution in [0.1, 0.15) is 25.2 Å². The second kappa shape index (κ2) is 5.70. The number of H-pyrrole nitrogens is 1. The molecule has 8 heteroatoms. The molecule has 1 atom stereocenters. The zero-order chi connectivity index (χ0) is 14.8. The number of carboxylic acid groups (broad SMARTS) is 1. The fraction of sp³-hybridized carbons (Fsp3) is 0.636. The number of nitrogens with one attached hydrogen (secondary N) is 1. The standard InChI is InChI=1S/C11H19N3O4S/c1-5-14(6-7(2)11(15)16)19(17,18)10-8(3)12-13-9(10)4/h7H,5-6H2,1-4H3,(H,12,13)(H,15,16). The van der Waals surface area contributed by atoms with Gasteiger partial charge in [0.2, 0.25) is 10.0 Å². The number of hydrogen-bond donors (Lipinski definition) is 2. The SMILES string of the molecule is CCN(CC(C)C(=O)O)S(=O)(=O)c1c(C)n[nH]c1C. The van der Waals surface area contributed by atoms with Gasteiger partial charge in [0, 0.05) is 13.1 Å². The van der Waals surface area contributed by atoms with Crippen molar-refractivity contribution in [3.63, 3.8) is 0 Å². The first-order chi connectivity index (χ1) is 8.71. The molecule has 108 valence electrons. The van der Waals surface area contributed by atoms with Crippen LogP contribution in [0.2, 0.25) is 0 Å². The number of carbonyl (C=O) groups is 1. The minimum absolute atomic E-state index is 0.0573. The molecule has 0 saturated heterocycles. The Kier molecular flexibility index (Phi) is 4.70. The van der Waals surface area contributed by atoms with Gasteiger partial charge < -0.3 is 5.11 Å². The van der Waals surface area contributed by atoms with E-state index in [0.717, 1.165) is 4.31 Å². The number of aromatic amines is 1. The van der Waals surface area contributed by atoms with Crippen LogP contribution in [0.15, 0.2) is 4.90 Å². The number of nitrogens with zero attached hydrogens (tertiary/aromatic N) is 2. The van der Waals surface area contributed by atoms with E-state index in [9.17, 15) is 13.2 Å². The third-order valence-corrected chi connectivity index (χ3v) is 5.11. The summed E-state index contributed by atoms with van der Waals surface area (Å²) in [7, 11) is -3.72. The van der Waals surface area contributed by atoms with Crippen LogP contribution in [-0.4, -0.2) is 47.1 Å². The number of sulfonamides is 1. The van der Waals surface area contributed by atoms with Crippen molar-refractivity contribution >= 4 is 16.0 Å². The van der Waals surface area contributed by atoms with Gasteiger partial charge in [0.25, 0.3) is 0 Å². The zero-order valence-corrected chi connectivity index (χ0v) is 12.3. The minimum Gasteiger partial charge on any atom is -0.481 e. The molecule has 0 aliphatic carbocycles. The van der Waals surface area contributed by atoms with Gasteiger partial charge in [-0.25, -0.2) is 8.42 Å². The van der Waals surface area contributed by atoms with Crippen LogP contribution in [-0.2, 0) is 14.8 Å². The van der Waals surface area contributed by atoms with Gasteiger partial charge in [-0.05, 0) is 13.8 Å². The van der Waals surface area contributed by atoms with Crippen LogP contribution >= 0.6 is 0 Å². The van der Waals surface area contributed by atoms with Crippen LogP contribution in [0.5, 0.6) is 0 Å². The smallest absolute Gasteiger partial charge is 0.307 e.